The zero-order valence-corrected chi connectivity index (χ0v) is 20.1. The summed E-state index contributed by atoms with van der Waals surface area (Å²) in [6.07, 6.45) is 6.95. The van der Waals surface area contributed by atoms with Crippen molar-refractivity contribution in [2.24, 2.45) is 9.98 Å². The van der Waals surface area contributed by atoms with E-state index in [-0.39, 0.29) is 42.5 Å². The minimum atomic E-state index is -0.807. The van der Waals surface area contributed by atoms with Gasteiger partial charge < -0.3 is 15.1 Å². The van der Waals surface area contributed by atoms with Crippen LogP contribution in [0.25, 0.3) is 0 Å². The molecule has 10 heteroatoms. The second-order valence-electron chi connectivity index (χ2n) is 8.81. The van der Waals surface area contributed by atoms with Crippen LogP contribution in [0, 0.1) is 0 Å². The summed E-state index contributed by atoms with van der Waals surface area (Å²) in [6, 6.07) is 10.3. The molecule has 35 heavy (non-hydrogen) atoms. The fourth-order valence-electron chi connectivity index (χ4n) is 4.52. The third-order valence-corrected chi connectivity index (χ3v) is 7.21. The van der Waals surface area contributed by atoms with E-state index >= 15 is 0 Å². The lowest BCUT2D eigenvalue weighted by Gasteiger charge is -2.25. The molecule has 3 amide bonds. The number of thioether (sulfide) groups is 1. The predicted octanol–water partition coefficient (Wildman–Crippen LogP) is 3.13. The summed E-state index contributed by atoms with van der Waals surface area (Å²) < 4.78 is 5.23. The lowest BCUT2D eigenvalue weighted by atomic mass is 9.95. The van der Waals surface area contributed by atoms with Crippen LogP contribution in [0.4, 0.5) is 5.69 Å². The van der Waals surface area contributed by atoms with Gasteiger partial charge >= 0.3 is 0 Å². The van der Waals surface area contributed by atoms with E-state index in [9.17, 15) is 14.4 Å². The summed E-state index contributed by atoms with van der Waals surface area (Å²) in [5.41, 5.74) is 1.42. The zero-order valence-electron chi connectivity index (χ0n) is 19.2. The van der Waals surface area contributed by atoms with Crippen molar-refractivity contribution in [1.82, 2.24) is 15.5 Å². The van der Waals surface area contributed by atoms with E-state index in [2.05, 4.69) is 20.6 Å². The van der Waals surface area contributed by atoms with Crippen LogP contribution >= 0.6 is 11.8 Å². The fourth-order valence-corrected chi connectivity index (χ4v) is 5.35. The number of amides is 3. The highest BCUT2D eigenvalue weighted by atomic mass is 32.2. The van der Waals surface area contributed by atoms with Gasteiger partial charge in [0.05, 0.1) is 30.7 Å². The second-order valence-corrected chi connectivity index (χ2v) is 9.75. The largest absolute Gasteiger partial charge is 0.467 e. The Bertz CT molecular complexity index is 1170. The Morgan fingerprint density at radius 3 is 2.71 bits per heavy atom. The number of carbonyl (C=O) groups excluding carboxylic acids is 3. The summed E-state index contributed by atoms with van der Waals surface area (Å²) in [5, 5.41) is 6.25. The quantitative estimate of drug-likeness (QED) is 0.615. The van der Waals surface area contributed by atoms with Gasteiger partial charge in [-0.1, -0.05) is 43.2 Å². The monoisotopic (exact) mass is 493 g/mol. The number of rotatable bonds is 7. The highest BCUT2D eigenvalue weighted by Crippen LogP contribution is 2.34. The molecule has 2 N–H and O–H groups in total. The van der Waals surface area contributed by atoms with E-state index in [1.165, 1.54) is 23.1 Å². The van der Waals surface area contributed by atoms with Gasteiger partial charge in [0.1, 0.15) is 17.6 Å². The Balaban J connectivity index is 1.27. The van der Waals surface area contributed by atoms with Crippen molar-refractivity contribution in [3.63, 3.8) is 0 Å². The van der Waals surface area contributed by atoms with E-state index in [0.717, 1.165) is 31.2 Å². The van der Waals surface area contributed by atoms with Crippen molar-refractivity contribution in [2.75, 3.05) is 5.75 Å². The average Bonchev–Trinajstić information content (AvgIpc) is 3.50. The molecule has 3 heterocycles. The Kier molecular flexibility index (Phi) is 6.98. The van der Waals surface area contributed by atoms with Gasteiger partial charge in [0.15, 0.2) is 5.17 Å². The summed E-state index contributed by atoms with van der Waals surface area (Å²) >= 11 is 1.17. The van der Waals surface area contributed by atoms with E-state index in [1.54, 1.807) is 18.4 Å². The number of hydrogen-bond acceptors (Lipinski definition) is 7. The summed E-state index contributed by atoms with van der Waals surface area (Å²) in [6.45, 7) is 0.287. The van der Waals surface area contributed by atoms with Gasteiger partial charge in [-0.25, -0.2) is 9.89 Å². The summed E-state index contributed by atoms with van der Waals surface area (Å²) in [7, 11) is 0. The van der Waals surface area contributed by atoms with Crippen LogP contribution in [-0.4, -0.2) is 51.5 Å². The van der Waals surface area contributed by atoms with Crippen LogP contribution in [0.15, 0.2) is 57.1 Å². The maximum Gasteiger partial charge on any atom is 0.259 e. The van der Waals surface area contributed by atoms with Gasteiger partial charge in [-0.05, 0) is 37.1 Å². The number of para-hydroxylation sites is 1. The first-order valence-electron chi connectivity index (χ1n) is 11.9. The third-order valence-electron chi connectivity index (χ3n) is 6.27. The predicted molar refractivity (Wildman–Crippen MR) is 133 cm³/mol. The molecule has 1 fully saturated rings. The van der Waals surface area contributed by atoms with Crippen molar-refractivity contribution < 1.29 is 18.8 Å². The molecule has 0 spiro atoms. The van der Waals surface area contributed by atoms with Crippen LogP contribution in [-0.2, 0) is 20.9 Å². The van der Waals surface area contributed by atoms with Crippen LogP contribution in [0.5, 0.6) is 0 Å². The van der Waals surface area contributed by atoms with Crippen molar-refractivity contribution in [1.29, 1.82) is 0 Å². The van der Waals surface area contributed by atoms with Crippen LogP contribution < -0.4 is 10.6 Å². The molecular weight excluding hydrogens is 466 g/mol. The second kappa shape index (κ2) is 10.5. The van der Waals surface area contributed by atoms with Crippen LogP contribution in [0.3, 0.4) is 0 Å². The van der Waals surface area contributed by atoms with Crippen molar-refractivity contribution in [2.45, 2.75) is 57.2 Å². The highest BCUT2D eigenvalue weighted by molar-refractivity contribution is 8.14. The molecule has 0 saturated heterocycles. The average molecular weight is 494 g/mol. The molecule has 1 aromatic heterocycles. The zero-order chi connectivity index (χ0) is 24.2. The number of benzene rings is 1. The van der Waals surface area contributed by atoms with Gasteiger partial charge in [0.25, 0.3) is 5.91 Å². The molecule has 1 saturated carbocycles. The molecule has 0 radical (unpaired) electrons. The minimum absolute atomic E-state index is 0.000913. The first-order valence-corrected chi connectivity index (χ1v) is 12.9. The first kappa shape index (κ1) is 23.3. The summed E-state index contributed by atoms with van der Waals surface area (Å²) in [5.74, 6) is 0.555. The maximum atomic E-state index is 13.3. The Morgan fingerprint density at radius 2 is 1.91 bits per heavy atom. The number of aliphatic imine (C=N–C) groups is 2. The van der Waals surface area contributed by atoms with Gasteiger partial charge in [0, 0.05) is 11.6 Å². The van der Waals surface area contributed by atoms with Gasteiger partial charge in [-0.2, -0.15) is 0 Å². The Morgan fingerprint density at radius 1 is 1.09 bits per heavy atom. The smallest absolute Gasteiger partial charge is 0.259 e. The molecular formula is C25H27N5O4S. The highest BCUT2D eigenvalue weighted by Gasteiger charge is 2.42. The van der Waals surface area contributed by atoms with E-state index < -0.39 is 6.04 Å². The summed E-state index contributed by atoms with van der Waals surface area (Å²) in [4.78, 5) is 49.1. The molecule has 1 aliphatic carbocycles. The number of carbonyl (C=O) groups is 3. The molecule has 182 valence electrons. The normalized spacial score (nSPS) is 19.5. The molecule has 0 bridgehead atoms. The number of furan rings is 1. The Hall–Kier alpha value is -3.40. The third kappa shape index (κ3) is 5.32. The lowest BCUT2D eigenvalue weighted by Crippen LogP contribution is -2.43. The number of nitrogens with one attached hydrogen (secondary N) is 2. The van der Waals surface area contributed by atoms with Gasteiger partial charge in [-0.15, -0.1) is 0 Å². The SMILES string of the molecule is O=C(CSC1=Nc2ccccc2C2=N[C@@H](CC(=O)NC3CCCCC3)C(=O)N12)NCc1ccco1. The molecule has 5 rings (SSSR count). The van der Waals surface area contributed by atoms with Crippen molar-refractivity contribution >= 4 is 46.2 Å². The minimum Gasteiger partial charge on any atom is -0.467 e. The molecule has 3 aliphatic rings. The fraction of sp³-hybridized carbons (Fsp3) is 0.400. The van der Waals surface area contributed by atoms with Gasteiger partial charge in [0.2, 0.25) is 11.8 Å². The van der Waals surface area contributed by atoms with E-state index in [1.807, 2.05) is 24.3 Å². The molecule has 1 atom stereocenters. The van der Waals surface area contributed by atoms with Crippen molar-refractivity contribution in [3.8, 4) is 0 Å². The van der Waals surface area contributed by atoms with Gasteiger partial charge in [-0.3, -0.25) is 19.4 Å². The van der Waals surface area contributed by atoms with E-state index in [4.69, 9.17) is 4.42 Å². The first-order chi connectivity index (χ1) is 17.1. The maximum absolute atomic E-state index is 13.3. The number of fused-ring (bicyclic) bond motifs is 3. The molecule has 0 unspecified atom stereocenters. The number of hydrogen-bond donors (Lipinski definition) is 2. The Labute approximate surface area is 207 Å². The van der Waals surface area contributed by atoms with E-state index in [0.29, 0.717) is 22.5 Å². The number of amidine groups is 2. The number of nitrogens with zero attached hydrogens (tertiary/aromatic N) is 3. The standard InChI is InChI=1S/C25H27N5O4S/c31-21(27-16-7-2-1-3-8-16)13-20-24(33)30-23(28-20)18-10-4-5-11-19(18)29-25(30)35-15-22(32)26-14-17-9-6-12-34-17/h4-6,9-12,16,20H,1-3,7-8,13-15H2,(H,26,32)(H,27,31)/t20-/m0/s1. The molecule has 1 aromatic carbocycles. The molecule has 2 aliphatic heterocycles. The topological polar surface area (TPSA) is 116 Å². The van der Waals surface area contributed by atoms with Crippen LogP contribution in [0.1, 0.15) is 49.8 Å². The van der Waals surface area contributed by atoms with Crippen molar-refractivity contribution in [3.05, 3.63) is 54.0 Å². The lowest BCUT2D eigenvalue weighted by molar-refractivity contribution is -0.129. The molecule has 2 aromatic rings. The molecule has 9 nitrogen and oxygen atoms in total. The van der Waals surface area contributed by atoms with Crippen LogP contribution in [0.2, 0.25) is 0 Å².